The van der Waals surface area contributed by atoms with Gasteiger partial charge in [-0.1, -0.05) is 0 Å². The first-order valence-corrected chi connectivity index (χ1v) is 4.33. The van der Waals surface area contributed by atoms with Crippen LogP contribution in [0, 0.1) is 0 Å². The zero-order chi connectivity index (χ0) is 10.3. The van der Waals surface area contributed by atoms with Crippen molar-refractivity contribution in [1.29, 1.82) is 0 Å². The first-order valence-electron chi connectivity index (χ1n) is 4.33. The SMILES string of the molecule is CCNC(=O)CCC[C@@H](N)C(=O)O. The van der Waals surface area contributed by atoms with Crippen molar-refractivity contribution in [3.05, 3.63) is 0 Å². The fourth-order valence-electron chi connectivity index (χ4n) is 0.892. The zero-order valence-electron chi connectivity index (χ0n) is 7.75. The number of carboxylic acids is 1. The number of hydrogen-bond acceptors (Lipinski definition) is 3. The average Bonchev–Trinajstić information content (AvgIpc) is 2.04. The first kappa shape index (κ1) is 11.9. The van der Waals surface area contributed by atoms with E-state index in [0.29, 0.717) is 25.8 Å². The summed E-state index contributed by atoms with van der Waals surface area (Å²) < 4.78 is 0. The van der Waals surface area contributed by atoms with Gasteiger partial charge in [-0.2, -0.15) is 0 Å². The number of aliphatic carboxylic acids is 1. The van der Waals surface area contributed by atoms with Crippen LogP contribution in [0.3, 0.4) is 0 Å². The van der Waals surface area contributed by atoms with Crippen LogP contribution in [0.4, 0.5) is 0 Å². The van der Waals surface area contributed by atoms with E-state index in [1.54, 1.807) is 0 Å². The minimum Gasteiger partial charge on any atom is -0.480 e. The van der Waals surface area contributed by atoms with Gasteiger partial charge in [0.15, 0.2) is 0 Å². The van der Waals surface area contributed by atoms with Crippen molar-refractivity contribution in [2.24, 2.45) is 5.73 Å². The fourth-order valence-corrected chi connectivity index (χ4v) is 0.892. The molecule has 0 rings (SSSR count). The number of amides is 1. The van der Waals surface area contributed by atoms with Gasteiger partial charge in [0.1, 0.15) is 6.04 Å². The smallest absolute Gasteiger partial charge is 0.320 e. The molecular formula is C8H16N2O3. The molecule has 4 N–H and O–H groups in total. The molecule has 0 fully saturated rings. The Bertz CT molecular complexity index is 182. The molecule has 0 saturated carbocycles. The highest BCUT2D eigenvalue weighted by Gasteiger charge is 2.11. The van der Waals surface area contributed by atoms with Gasteiger partial charge >= 0.3 is 5.97 Å². The third kappa shape index (κ3) is 6.10. The minimum atomic E-state index is -1.02. The van der Waals surface area contributed by atoms with Crippen LogP contribution in [0.1, 0.15) is 26.2 Å². The van der Waals surface area contributed by atoms with Gasteiger partial charge in [0.05, 0.1) is 0 Å². The van der Waals surface area contributed by atoms with Gasteiger partial charge < -0.3 is 16.2 Å². The van der Waals surface area contributed by atoms with E-state index in [1.807, 2.05) is 6.92 Å². The second kappa shape index (κ2) is 6.42. The van der Waals surface area contributed by atoms with Crippen LogP contribution in [0.5, 0.6) is 0 Å². The van der Waals surface area contributed by atoms with Gasteiger partial charge in [-0.05, 0) is 19.8 Å². The number of nitrogens with two attached hydrogens (primary N) is 1. The van der Waals surface area contributed by atoms with E-state index >= 15 is 0 Å². The molecule has 0 saturated heterocycles. The summed E-state index contributed by atoms with van der Waals surface area (Å²) in [5, 5.41) is 11.0. The maximum Gasteiger partial charge on any atom is 0.320 e. The monoisotopic (exact) mass is 188 g/mol. The lowest BCUT2D eigenvalue weighted by molar-refractivity contribution is -0.138. The van der Waals surface area contributed by atoms with Crippen molar-refractivity contribution in [2.45, 2.75) is 32.2 Å². The zero-order valence-corrected chi connectivity index (χ0v) is 7.75. The number of rotatable bonds is 6. The molecule has 1 amide bonds. The molecule has 0 bridgehead atoms. The summed E-state index contributed by atoms with van der Waals surface area (Å²) in [6.45, 7) is 2.44. The molecule has 0 spiro atoms. The second-order valence-corrected chi connectivity index (χ2v) is 2.79. The Morgan fingerprint density at radius 3 is 2.62 bits per heavy atom. The molecule has 0 aromatic heterocycles. The van der Waals surface area contributed by atoms with Crippen molar-refractivity contribution >= 4 is 11.9 Å². The van der Waals surface area contributed by atoms with Gasteiger partial charge in [-0.3, -0.25) is 9.59 Å². The highest BCUT2D eigenvalue weighted by atomic mass is 16.4. The third-order valence-corrected chi connectivity index (χ3v) is 1.61. The number of nitrogens with one attached hydrogen (secondary N) is 1. The van der Waals surface area contributed by atoms with Crippen LogP contribution in [0.25, 0.3) is 0 Å². The Morgan fingerprint density at radius 2 is 2.15 bits per heavy atom. The Morgan fingerprint density at radius 1 is 1.54 bits per heavy atom. The van der Waals surface area contributed by atoms with Crippen molar-refractivity contribution in [3.63, 3.8) is 0 Å². The van der Waals surface area contributed by atoms with Crippen LogP contribution in [-0.4, -0.2) is 29.6 Å². The van der Waals surface area contributed by atoms with Crippen LogP contribution < -0.4 is 11.1 Å². The summed E-state index contributed by atoms with van der Waals surface area (Å²) in [5.41, 5.74) is 5.25. The molecule has 0 unspecified atom stereocenters. The largest absolute Gasteiger partial charge is 0.480 e. The minimum absolute atomic E-state index is 0.0555. The lowest BCUT2D eigenvalue weighted by Crippen LogP contribution is -2.30. The topological polar surface area (TPSA) is 92.4 Å². The summed E-state index contributed by atoms with van der Waals surface area (Å²) in [6.07, 6.45) is 1.20. The number of carboxylic acid groups (broad SMARTS) is 1. The quantitative estimate of drug-likeness (QED) is 0.533. The molecule has 0 radical (unpaired) electrons. The molecule has 5 heteroatoms. The van der Waals surface area contributed by atoms with Crippen LogP contribution in [-0.2, 0) is 9.59 Å². The highest BCUT2D eigenvalue weighted by Crippen LogP contribution is 1.98. The van der Waals surface area contributed by atoms with Gasteiger partial charge in [-0.25, -0.2) is 0 Å². The fraction of sp³-hybridized carbons (Fsp3) is 0.750. The van der Waals surface area contributed by atoms with Crippen molar-refractivity contribution in [2.75, 3.05) is 6.54 Å². The van der Waals surface area contributed by atoms with E-state index in [2.05, 4.69) is 5.32 Å². The van der Waals surface area contributed by atoms with Crippen molar-refractivity contribution in [1.82, 2.24) is 5.32 Å². The maximum atomic E-state index is 10.9. The second-order valence-electron chi connectivity index (χ2n) is 2.79. The van der Waals surface area contributed by atoms with Crippen LogP contribution in [0.15, 0.2) is 0 Å². The first-order chi connectivity index (χ1) is 6.07. The summed E-state index contributed by atoms with van der Waals surface area (Å²) in [7, 11) is 0. The van der Waals surface area contributed by atoms with E-state index in [4.69, 9.17) is 10.8 Å². The lowest BCUT2D eigenvalue weighted by Gasteiger charge is -2.05. The molecule has 0 aliphatic heterocycles. The summed E-state index contributed by atoms with van der Waals surface area (Å²) in [6, 6.07) is -0.852. The molecule has 13 heavy (non-hydrogen) atoms. The van der Waals surface area contributed by atoms with E-state index < -0.39 is 12.0 Å². The Labute approximate surface area is 77.3 Å². The number of carbonyl (C=O) groups excluding carboxylic acids is 1. The Hall–Kier alpha value is -1.10. The normalized spacial score (nSPS) is 12.2. The summed E-state index contributed by atoms with van der Waals surface area (Å²) in [4.78, 5) is 21.2. The maximum absolute atomic E-state index is 10.9. The van der Waals surface area contributed by atoms with Gasteiger partial charge in [-0.15, -0.1) is 0 Å². The predicted octanol–water partition coefficient (Wildman–Crippen LogP) is -0.295. The van der Waals surface area contributed by atoms with E-state index in [-0.39, 0.29) is 5.91 Å². The molecule has 0 aliphatic carbocycles. The Balaban J connectivity index is 3.44. The van der Waals surface area contributed by atoms with E-state index in [0.717, 1.165) is 0 Å². The van der Waals surface area contributed by atoms with Gasteiger partial charge in [0, 0.05) is 13.0 Å². The lowest BCUT2D eigenvalue weighted by atomic mass is 10.1. The Kier molecular flexibility index (Phi) is 5.88. The van der Waals surface area contributed by atoms with E-state index in [9.17, 15) is 9.59 Å². The van der Waals surface area contributed by atoms with Crippen LogP contribution >= 0.6 is 0 Å². The standard InChI is InChI=1S/C8H16N2O3/c1-2-10-7(11)5-3-4-6(9)8(12)13/h6H,2-5,9H2,1H3,(H,10,11)(H,12,13)/t6-/m1/s1. The molecule has 76 valence electrons. The third-order valence-electron chi connectivity index (χ3n) is 1.61. The molecule has 5 nitrogen and oxygen atoms in total. The van der Waals surface area contributed by atoms with Gasteiger partial charge in [0.2, 0.25) is 5.91 Å². The van der Waals surface area contributed by atoms with Crippen molar-refractivity contribution < 1.29 is 14.7 Å². The molecule has 1 atom stereocenters. The number of hydrogen-bond donors (Lipinski definition) is 3. The predicted molar refractivity (Wildman–Crippen MR) is 48.1 cm³/mol. The summed E-state index contributed by atoms with van der Waals surface area (Å²) >= 11 is 0. The van der Waals surface area contributed by atoms with Crippen molar-refractivity contribution in [3.8, 4) is 0 Å². The van der Waals surface area contributed by atoms with Crippen LogP contribution in [0.2, 0.25) is 0 Å². The molecule has 0 aromatic rings. The molecule has 0 heterocycles. The number of carbonyl (C=O) groups is 2. The average molecular weight is 188 g/mol. The molecular weight excluding hydrogens is 172 g/mol. The molecule has 0 aliphatic rings. The van der Waals surface area contributed by atoms with Gasteiger partial charge in [0.25, 0.3) is 0 Å². The highest BCUT2D eigenvalue weighted by molar-refractivity contribution is 5.76. The van der Waals surface area contributed by atoms with E-state index in [1.165, 1.54) is 0 Å². The summed E-state index contributed by atoms with van der Waals surface area (Å²) in [5.74, 6) is -1.07. The molecule has 0 aromatic carbocycles.